The molecule has 0 saturated carbocycles. The van der Waals surface area contributed by atoms with Crippen molar-refractivity contribution in [3.8, 4) is 5.75 Å². The van der Waals surface area contributed by atoms with Crippen LogP contribution in [-0.4, -0.2) is 18.4 Å². The van der Waals surface area contributed by atoms with Gasteiger partial charge in [0.05, 0.1) is 11.6 Å². The number of hydrogen-bond acceptors (Lipinski definition) is 4. The maximum Gasteiger partial charge on any atom is 0.243 e. The Morgan fingerprint density at radius 1 is 1.06 bits per heavy atom. The zero-order valence-corrected chi connectivity index (χ0v) is 18.9. The second-order valence-electron chi connectivity index (χ2n) is 7.54. The summed E-state index contributed by atoms with van der Waals surface area (Å²) in [4.78, 5) is 26.3. The van der Waals surface area contributed by atoms with Crippen LogP contribution in [0.25, 0.3) is 0 Å². The van der Waals surface area contributed by atoms with Gasteiger partial charge < -0.3 is 9.64 Å². The van der Waals surface area contributed by atoms with E-state index in [1.54, 1.807) is 42.5 Å². The summed E-state index contributed by atoms with van der Waals surface area (Å²) in [6.45, 7) is 0.526. The fraction of sp³-hybridized carbons (Fsp3) is 0.167. The highest BCUT2D eigenvalue weighted by atomic mass is 35.5. The van der Waals surface area contributed by atoms with Crippen molar-refractivity contribution in [2.24, 2.45) is 5.92 Å². The molecule has 1 aliphatic rings. The highest BCUT2D eigenvalue weighted by molar-refractivity contribution is 6.35. The molecule has 1 heterocycles. The van der Waals surface area contributed by atoms with Crippen molar-refractivity contribution in [1.82, 2.24) is 5.43 Å². The number of rotatable bonds is 7. The minimum atomic E-state index is -0.512. The standard InChI is InChI=1S/C24H20Cl2FN3O3/c25-17-2-1-15(22(26)12-17)14-33-21-9-5-19(6-10-21)28-29-24(32)16-11-23(31)30(13-16)20-7-3-18(27)4-8-20/h1-10,12,16,28H,11,13-14H2,(H,29,32)/t16-/m1/s1. The molecule has 0 unspecified atom stereocenters. The van der Waals surface area contributed by atoms with E-state index in [-0.39, 0.29) is 30.6 Å². The molecule has 0 bridgehead atoms. The number of nitrogens with zero attached hydrogens (tertiary/aromatic N) is 1. The quantitative estimate of drug-likeness (QED) is 0.449. The summed E-state index contributed by atoms with van der Waals surface area (Å²) < 4.78 is 18.9. The Hall–Kier alpha value is -3.29. The van der Waals surface area contributed by atoms with Gasteiger partial charge in [0.2, 0.25) is 11.8 Å². The smallest absolute Gasteiger partial charge is 0.243 e. The molecule has 3 aromatic rings. The van der Waals surface area contributed by atoms with Crippen molar-refractivity contribution in [2.45, 2.75) is 13.0 Å². The summed E-state index contributed by atoms with van der Waals surface area (Å²) in [6.07, 6.45) is 0.0882. The van der Waals surface area contributed by atoms with Gasteiger partial charge in [-0.1, -0.05) is 29.3 Å². The van der Waals surface area contributed by atoms with E-state index in [0.29, 0.717) is 33.8 Å². The van der Waals surface area contributed by atoms with Crippen LogP contribution in [0.3, 0.4) is 0 Å². The van der Waals surface area contributed by atoms with E-state index in [1.807, 2.05) is 0 Å². The largest absolute Gasteiger partial charge is 0.489 e. The first kappa shape index (κ1) is 22.9. The average Bonchev–Trinajstić information content (AvgIpc) is 3.20. The highest BCUT2D eigenvalue weighted by Crippen LogP contribution is 2.26. The number of hydrogen-bond donors (Lipinski definition) is 2. The number of ether oxygens (including phenoxy) is 1. The maximum absolute atomic E-state index is 13.1. The second-order valence-corrected chi connectivity index (χ2v) is 8.39. The van der Waals surface area contributed by atoms with Crippen LogP contribution in [0.1, 0.15) is 12.0 Å². The van der Waals surface area contributed by atoms with E-state index in [1.165, 1.54) is 29.2 Å². The molecular weight excluding hydrogens is 468 g/mol. The van der Waals surface area contributed by atoms with Crippen molar-refractivity contribution in [3.05, 3.63) is 88.2 Å². The van der Waals surface area contributed by atoms with E-state index in [0.717, 1.165) is 5.56 Å². The summed E-state index contributed by atoms with van der Waals surface area (Å²) in [5, 5.41) is 1.10. The second kappa shape index (κ2) is 10.1. The molecule has 1 saturated heterocycles. The molecule has 0 aliphatic carbocycles. The van der Waals surface area contributed by atoms with Crippen molar-refractivity contribution in [3.63, 3.8) is 0 Å². The first-order valence-electron chi connectivity index (χ1n) is 10.2. The Labute approximate surface area is 200 Å². The van der Waals surface area contributed by atoms with Crippen LogP contribution in [0.5, 0.6) is 5.75 Å². The first-order valence-corrected chi connectivity index (χ1v) is 10.9. The summed E-state index contributed by atoms with van der Waals surface area (Å²) in [6, 6.07) is 17.9. The molecule has 0 radical (unpaired) electrons. The third-order valence-electron chi connectivity index (χ3n) is 5.23. The van der Waals surface area contributed by atoms with Crippen LogP contribution >= 0.6 is 23.2 Å². The molecule has 1 atom stereocenters. The Morgan fingerprint density at radius 3 is 2.48 bits per heavy atom. The number of nitrogens with one attached hydrogen (secondary N) is 2. The minimum absolute atomic E-state index is 0.0882. The average molecular weight is 488 g/mol. The zero-order valence-electron chi connectivity index (χ0n) is 17.4. The molecule has 4 rings (SSSR count). The fourth-order valence-electron chi connectivity index (χ4n) is 3.42. The van der Waals surface area contributed by atoms with E-state index in [2.05, 4.69) is 10.9 Å². The third kappa shape index (κ3) is 5.74. The Kier molecular flexibility index (Phi) is 7.01. The monoisotopic (exact) mass is 487 g/mol. The Morgan fingerprint density at radius 2 is 1.79 bits per heavy atom. The molecule has 33 heavy (non-hydrogen) atoms. The lowest BCUT2D eigenvalue weighted by Gasteiger charge is -2.17. The lowest BCUT2D eigenvalue weighted by atomic mass is 10.1. The van der Waals surface area contributed by atoms with Crippen molar-refractivity contribution < 1.29 is 18.7 Å². The lowest BCUT2D eigenvalue weighted by molar-refractivity contribution is -0.125. The number of carbonyl (C=O) groups excluding carboxylic acids is 2. The summed E-state index contributed by atoms with van der Waals surface area (Å²) >= 11 is 12.0. The molecule has 9 heteroatoms. The zero-order chi connectivity index (χ0) is 23.4. The molecule has 1 fully saturated rings. The van der Waals surface area contributed by atoms with Crippen molar-refractivity contribution >= 4 is 46.4 Å². The van der Waals surface area contributed by atoms with Crippen LogP contribution in [-0.2, 0) is 16.2 Å². The molecule has 1 aliphatic heterocycles. The topological polar surface area (TPSA) is 70.7 Å². The number of benzene rings is 3. The number of anilines is 2. The van der Waals surface area contributed by atoms with Gasteiger partial charge in [-0.05, 0) is 60.7 Å². The van der Waals surface area contributed by atoms with Crippen LogP contribution in [0, 0.1) is 11.7 Å². The van der Waals surface area contributed by atoms with Gasteiger partial charge in [-0.25, -0.2) is 4.39 Å². The molecule has 0 spiro atoms. The van der Waals surface area contributed by atoms with Gasteiger partial charge in [-0.15, -0.1) is 0 Å². The van der Waals surface area contributed by atoms with E-state index < -0.39 is 5.92 Å². The fourth-order valence-corrected chi connectivity index (χ4v) is 3.89. The molecule has 170 valence electrons. The van der Waals surface area contributed by atoms with Gasteiger partial charge in [0.25, 0.3) is 0 Å². The van der Waals surface area contributed by atoms with Crippen LogP contribution in [0.4, 0.5) is 15.8 Å². The minimum Gasteiger partial charge on any atom is -0.489 e. The number of halogens is 3. The van der Waals surface area contributed by atoms with E-state index in [9.17, 15) is 14.0 Å². The van der Waals surface area contributed by atoms with Gasteiger partial charge in [0, 0.05) is 34.3 Å². The Balaban J connectivity index is 1.27. The van der Waals surface area contributed by atoms with Crippen LogP contribution in [0.2, 0.25) is 10.0 Å². The normalized spacial score (nSPS) is 15.4. The maximum atomic E-state index is 13.1. The highest BCUT2D eigenvalue weighted by Gasteiger charge is 2.35. The predicted molar refractivity (Wildman–Crippen MR) is 126 cm³/mol. The van der Waals surface area contributed by atoms with Crippen LogP contribution < -0.4 is 20.5 Å². The van der Waals surface area contributed by atoms with Gasteiger partial charge in [-0.2, -0.15) is 0 Å². The summed E-state index contributed by atoms with van der Waals surface area (Å²) in [5.41, 5.74) is 7.52. The first-order chi connectivity index (χ1) is 15.9. The Bertz CT molecular complexity index is 1160. The number of amides is 2. The third-order valence-corrected chi connectivity index (χ3v) is 5.81. The van der Waals surface area contributed by atoms with Gasteiger partial charge in [0.1, 0.15) is 18.2 Å². The predicted octanol–water partition coefficient (Wildman–Crippen LogP) is 5.21. The van der Waals surface area contributed by atoms with Gasteiger partial charge >= 0.3 is 0 Å². The molecule has 2 N–H and O–H groups in total. The number of hydrazine groups is 1. The lowest BCUT2D eigenvalue weighted by Crippen LogP contribution is -2.36. The van der Waals surface area contributed by atoms with E-state index in [4.69, 9.17) is 27.9 Å². The molecule has 6 nitrogen and oxygen atoms in total. The van der Waals surface area contributed by atoms with Gasteiger partial charge in [0.15, 0.2) is 0 Å². The molecular formula is C24H20Cl2FN3O3. The summed E-state index contributed by atoms with van der Waals surface area (Å²) in [5.74, 6) is -0.736. The molecule has 3 aromatic carbocycles. The molecule has 0 aromatic heterocycles. The van der Waals surface area contributed by atoms with Crippen molar-refractivity contribution in [2.75, 3.05) is 16.9 Å². The summed E-state index contributed by atoms with van der Waals surface area (Å²) in [7, 11) is 0. The van der Waals surface area contributed by atoms with Crippen LogP contribution in [0.15, 0.2) is 66.7 Å². The van der Waals surface area contributed by atoms with Crippen molar-refractivity contribution in [1.29, 1.82) is 0 Å². The SMILES string of the molecule is O=C(NNc1ccc(OCc2ccc(Cl)cc2Cl)cc1)[C@@H]1CC(=O)N(c2ccc(F)cc2)C1. The van der Waals surface area contributed by atoms with E-state index >= 15 is 0 Å². The molecule has 2 amide bonds. The van der Waals surface area contributed by atoms with Gasteiger partial charge in [-0.3, -0.25) is 20.4 Å². The number of carbonyl (C=O) groups is 2.